The maximum absolute atomic E-state index is 13.2. The number of imidazole rings is 1. The van der Waals surface area contributed by atoms with Gasteiger partial charge in [-0.05, 0) is 49.6 Å². The van der Waals surface area contributed by atoms with E-state index in [1.165, 1.54) is 6.07 Å². The molecule has 27 heavy (non-hydrogen) atoms. The number of H-pyrrole nitrogens is 1. The van der Waals surface area contributed by atoms with Gasteiger partial charge in [0.2, 0.25) is 0 Å². The number of aryl methyl sites for hydroxylation is 1. The molecule has 0 fully saturated rings. The summed E-state index contributed by atoms with van der Waals surface area (Å²) < 4.78 is 51.9. The lowest BCUT2D eigenvalue weighted by Gasteiger charge is -2.31. The summed E-state index contributed by atoms with van der Waals surface area (Å²) in [5.74, 6) is 0. The largest absolute Gasteiger partial charge is 0.604 e. The van der Waals surface area contributed by atoms with Gasteiger partial charge in [0.25, 0.3) is 0 Å². The molecule has 1 aliphatic heterocycles. The summed E-state index contributed by atoms with van der Waals surface area (Å²) in [6, 6.07) is 9.01. The van der Waals surface area contributed by atoms with Gasteiger partial charge in [-0.25, -0.2) is 0 Å². The van der Waals surface area contributed by atoms with Crippen LogP contribution in [0, 0.1) is 0 Å². The molecule has 0 saturated heterocycles. The number of fused-ring (bicyclic) bond motifs is 2. The number of benzene rings is 2. The van der Waals surface area contributed by atoms with Crippen LogP contribution >= 0.6 is 0 Å². The minimum Gasteiger partial charge on any atom is -0.604 e. The molecule has 1 unspecified atom stereocenters. The highest BCUT2D eigenvalue weighted by Crippen LogP contribution is 2.37. The second-order valence-corrected chi connectivity index (χ2v) is 7.85. The molecule has 0 amide bonds. The monoisotopic (exact) mass is 393 g/mol. The highest BCUT2D eigenvalue weighted by molar-refractivity contribution is 7.91. The third kappa shape index (κ3) is 3.27. The van der Waals surface area contributed by atoms with Gasteiger partial charge in [-0.15, -0.1) is 0 Å². The molecule has 142 valence electrons. The van der Waals surface area contributed by atoms with E-state index in [-0.39, 0.29) is 10.7 Å². The van der Waals surface area contributed by atoms with E-state index in [2.05, 4.69) is 21.8 Å². The molecule has 1 aliphatic rings. The first-order valence-corrected chi connectivity index (χ1v) is 9.89. The van der Waals surface area contributed by atoms with Crippen molar-refractivity contribution in [2.75, 3.05) is 18.0 Å². The first-order chi connectivity index (χ1) is 12.9. The Morgan fingerprint density at radius 3 is 2.81 bits per heavy atom. The molecule has 0 aliphatic carbocycles. The third-order valence-corrected chi connectivity index (χ3v) is 6.09. The molecule has 1 N–H and O–H groups in total. The van der Waals surface area contributed by atoms with E-state index in [4.69, 9.17) is 0 Å². The van der Waals surface area contributed by atoms with Crippen LogP contribution in [0.25, 0.3) is 11.0 Å². The number of rotatable bonds is 3. The Morgan fingerprint density at radius 1 is 1.26 bits per heavy atom. The standard InChI is InChI=1S/C19H18F3N3OS/c1-2-25-10-4-6-12-5-3-7-16(17(12)25)27(26)18-23-14-9-8-13(19(20,21)22)11-15(14)24-18/h3,5,7-9,11H,2,4,6,10H2,1H3,(H,23,24). The quantitative estimate of drug-likeness (QED) is 0.666. The number of aromatic nitrogens is 2. The Bertz CT molecular complexity index is 986. The maximum Gasteiger partial charge on any atom is 0.416 e. The van der Waals surface area contributed by atoms with Gasteiger partial charge in [0, 0.05) is 13.1 Å². The number of aromatic amines is 1. The van der Waals surface area contributed by atoms with Crippen molar-refractivity contribution >= 4 is 27.9 Å². The lowest BCUT2D eigenvalue weighted by molar-refractivity contribution is -0.137. The number of alkyl halides is 3. The zero-order valence-electron chi connectivity index (χ0n) is 14.6. The van der Waals surface area contributed by atoms with E-state index in [1.54, 1.807) is 6.07 Å². The number of hydrogen-bond donors (Lipinski definition) is 1. The van der Waals surface area contributed by atoms with E-state index >= 15 is 0 Å². The van der Waals surface area contributed by atoms with Crippen LogP contribution in [0.3, 0.4) is 0 Å². The number of para-hydroxylation sites is 1. The molecule has 4 nitrogen and oxygen atoms in total. The van der Waals surface area contributed by atoms with E-state index in [1.807, 2.05) is 12.1 Å². The highest BCUT2D eigenvalue weighted by atomic mass is 32.2. The van der Waals surface area contributed by atoms with Crippen LogP contribution in [0.2, 0.25) is 0 Å². The SMILES string of the molecule is CCN1CCCc2cccc([S+]([O-])c3nc4cc(C(F)(F)F)ccc4[nH]3)c21. The Kier molecular flexibility index (Phi) is 4.55. The van der Waals surface area contributed by atoms with E-state index in [9.17, 15) is 17.7 Å². The predicted molar refractivity (Wildman–Crippen MR) is 98.4 cm³/mol. The molecule has 0 radical (unpaired) electrons. The molecule has 2 heterocycles. The van der Waals surface area contributed by atoms with E-state index < -0.39 is 22.9 Å². The molecular weight excluding hydrogens is 375 g/mol. The van der Waals surface area contributed by atoms with Crippen LogP contribution in [-0.4, -0.2) is 27.6 Å². The van der Waals surface area contributed by atoms with Gasteiger partial charge in [-0.3, -0.25) is 4.98 Å². The highest BCUT2D eigenvalue weighted by Gasteiger charge is 2.32. The Morgan fingerprint density at radius 2 is 2.07 bits per heavy atom. The van der Waals surface area contributed by atoms with E-state index in [0.29, 0.717) is 10.4 Å². The summed E-state index contributed by atoms with van der Waals surface area (Å²) in [5, 5.41) is 0.166. The maximum atomic E-state index is 13.2. The Labute approximate surface area is 157 Å². The van der Waals surface area contributed by atoms with Crippen LogP contribution in [0.15, 0.2) is 46.5 Å². The minimum atomic E-state index is -4.44. The van der Waals surface area contributed by atoms with Crippen molar-refractivity contribution < 1.29 is 17.7 Å². The van der Waals surface area contributed by atoms with Crippen LogP contribution in [0.1, 0.15) is 24.5 Å². The molecule has 0 spiro atoms. The zero-order chi connectivity index (χ0) is 19.2. The van der Waals surface area contributed by atoms with Crippen molar-refractivity contribution in [2.45, 2.75) is 36.0 Å². The fourth-order valence-corrected chi connectivity index (χ4v) is 4.75. The van der Waals surface area contributed by atoms with Crippen molar-refractivity contribution in [3.8, 4) is 0 Å². The molecule has 8 heteroatoms. The van der Waals surface area contributed by atoms with Crippen LogP contribution in [-0.2, 0) is 23.8 Å². The molecule has 0 saturated carbocycles. The van der Waals surface area contributed by atoms with Gasteiger partial charge >= 0.3 is 11.3 Å². The smallest absolute Gasteiger partial charge is 0.416 e. The molecule has 1 atom stereocenters. The summed E-state index contributed by atoms with van der Waals surface area (Å²) in [7, 11) is 0. The summed E-state index contributed by atoms with van der Waals surface area (Å²) in [4.78, 5) is 9.94. The van der Waals surface area contributed by atoms with E-state index in [0.717, 1.165) is 49.3 Å². The van der Waals surface area contributed by atoms with Gasteiger partial charge in [-0.2, -0.15) is 18.2 Å². The average Bonchev–Trinajstić information content (AvgIpc) is 3.09. The van der Waals surface area contributed by atoms with Crippen molar-refractivity contribution in [3.05, 3.63) is 47.5 Å². The fourth-order valence-electron chi connectivity index (χ4n) is 3.52. The van der Waals surface area contributed by atoms with Gasteiger partial charge in [0.1, 0.15) is 0 Å². The molecular formula is C19H18F3N3OS. The van der Waals surface area contributed by atoms with Crippen molar-refractivity contribution in [2.24, 2.45) is 0 Å². The van der Waals surface area contributed by atoms with Crippen LogP contribution in [0.5, 0.6) is 0 Å². The fraction of sp³-hybridized carbons (Fsp3) is 0.316. The number of hydrogen-bond acceptors (Lipinski definition) is 3. The second-order valence-electron chi connectivity index (χ2n) is 6.49. The summed E-state index contributed by atoms with van der Waals surface area (Å²) in [6.45, 7) is 3.75. The lowest BCUT2D eigenvalue weighted by Crippen LogP contribution is -2.30. The van der Waals surface area contributed by atoms with Crippen molar-refractivity contribution in [3.63, 3.8) is 0 Å². The second kappa shape index (κ2) is 6.76. The normalized spacial score (nSPS) is 15.8. The third-order valence-electron chi connectivity index (χ3n) is 4.82. The van der Waals surface area contributed by atoms with Crippen molar-refractivity contribution in [1.82, 2.24) is 9.97 Å². The number of nitrogens with one attached hydrogen (secondary N) is 1. The van der Waals surface area contributed by atoms with Gasteiger partial charge in [0.15, 0.2) is 4.90 Å². The Hall–Kier alpha value is -2.19. The first-order valence-electron chi connectivity index (χ1n) is 8.74. The van der Waals surface area contributed by atoms with Crippen molar-refractivity contribution in [1.29, 1.82) is 0 Å². The van der Waals surface area contributed by atoms with Gasteiger partial charge in [0.05, 0.1) is 33.5 Å². The number of anilines is 1. The number of halogens is 3. The predicted octanol–water partition coefficient (Wildman–Crippen LogP) is 4.52. The molecule has 3 aromatic rings. The minimum absolute atomic E-state index is 0.158. The summed E-state index contributed by atoms with van der Waals surface area (Å²) in [6.07, 6.45) is -2.47. The molecule has 2 aromatic carbocycles. The molecule has 1 aromatic heterocycles. The Balaban J connectivity index is 1.76. The van der Waals surface area contributed by atoms with Gasteiger partial charge in [-0.1, -0.05) is 12.1 Å². The lowest BCUT2D eigenvalue weighted by atomic mass is 10.0. The topological polar surface area (TPSA) is 55.0 Å². The molecule has 0 bridgehead atoms. The van der Waals surface area contributed by atoms with Crippen LogP contribution in [0.4, 0.5) is 18.9 Å². The molecule has 4 rings (SSSR count). The number of nitrogens with zero attached hydrogens (tertiary/aromatic N) is 2. The summed E-state index contributed by atoms with van der Waals surface area (Å²) >= 11 is -1.61. The zero-order valence-corrected chi connectivity index (χ0v) is 15.5. The first kappa shape index (κ1) is 18.2. The van der Waals surface area contributed by atoms with Crippen LogP contribution < -0.4 is 4.90 Å². The van der Waals surface area contributed by atoms with Gasteiger partial charge < -0.3 is 9.45 Å². The summed E-state index contributed by atoms with van der Waals surface area (Å²) in [5.41, 5.74) is 1.92. The average molecular weight is 393 g/mol.